The number of thiophene rings is 1. The molecule has 2 aromatic heterocycles. The molecule has 0 aliphatic carbocycles. The Hall–Kier alpha value is -1.74. The molecule has 3 aromatic rings. The largest absolute Gasteiger partial charge is 0.269 e. The van der Waals surface area contributed by atoms with Gasteiger partial charge in [-0.25, -0.2) is 17.7 Å². The van der Waals surface area contributed by atoms with E-state index in [1.165, 1.54) is 34.8 Å². The summed E-state index contributed by atoms with van der Waals surface area (Å²) in [7, 11) is -3.81. The molecule has 0 bridgehead atoms. The Balaban J connectivity index is 1.65. The first kappa shape index (κ1) is 15.8. The minimum atomic E-state index is -3.81. The van der Waals surface area contributed by atoms with Crippen LogP contribution in [0.2, 0.25) is 4.34 Å². The predicted octanol–water partition coefficient (Wildman–Crippen LogP) is 3.87. The summed E-state index contributed by atoms with van der Waals surface area (Å²) in [5, 5.41) is 2.39. The number of fused-ring (bicyclic) bond motifs is 1. The summed E-state index contributed by atoms with van der Waals surface area (Å²) < 4.78 is 26.6. The molecular weight excluding hydrogens is 388 g/mol. The van der Waals surface area contributed by atoms with Crippen LogP contribution in [0.1, 0.15) is 15.4 Å². The highest BCUT2D eigenvalue weighted by Crippen LogP contribution is 2.34. The lowest BCUT2D eigenvalue weighted by atomic mass is 10.2. The second kappa shape index (κ2) is 5.66. The third-order valence-corrected chi connectivity index (χ3v) is 7.44. The molecule has 5 nitrogen and oxygen atoms in total. The number of halogens is 1. The topological polar surface area (TPSA) is 67.3 Å². The molecule has 3 heterocycles. The van der Waals surface area contributed by atoms with Gasteiger partial charge in [-0.05, 0) is 24.3 Å². The summed E-state index contributed by atoms with van der Waals surface area (Å²) in [5.74, 6) is -0.512. The van der Waals surface area contributed by atoms with Crippen LogP contribution in [0.4, 0.5) is 0 Å². The van der Waals surface area contributed by atoms with Crippen LogP contribution < -0.4 is 0 Å². The Labute approximate surface area is 151 Å². The van der Waals surface area contributed by atoms with Crippen LogP contribution in [0, 0.1) is 0 Å². The van der Waals surface area contributed by atoms with Crippen molar-refractivity contribution in [1.29, 1.82) is 0 Å². The quantitative estimate of drug-likeness (QED) is 0.674. The van der Waals surface area contributed by atoms with Gasteiger partial charge in [0.15, 0.2) is 0 Å². The number of nitrogens with zero attached hydrogens (tertiary/aromatic N) is 2. The van der Waals surface area contributed by atoms with E-state index in [1.54, 1.807) is 18.2 Å². The van der Waals surface area contributed by atoms with Crippen LogP contribution in [0.3, 0.4) is 0 Å². The third kappa shape index (κ3) is 2.46. The lowest BCUT2D eigenvalue weighted by molar-refractivity contribution is 0.0865. The van der Waals surface area contributed by atoms with Gasteiger partial charge in [0, 0.05) is 5.38 Å². The van der Waals surface area contributed by atoms with E-state index in [0.717, 1.165) is 14.9 Å². The van der Waals surface area contributed by atoms with Gasteiger partial charge in [0.1, 0.15) is 9.90 Å². The molecular formula is C15H9ClN2O3S3. The maximum atomic E-state index is 12.5. The normalized spacial score (nSPS) is 15.7. The summed E-state index contributed by atoms with van der Waals surface area (Å²) in [5.41, 5.74) is 0.938. The van der Waals surface area contributed by atoms with Crippen molar-refractivity contribution in [3.8, 4) is 10.6 Å². The molecule has 0 unspecified atom stereocenters. The van der Waals surface area contributed by atoms with E-state index in [2.05, 4.69) is 4.98 Å². The summed E-state index contributed by atoms with van der Waals surface area (Å²) in [6, 6.07) is 9.87. The maximum Gasteiger partial charge on any atom is 0.269 e. The first-order chi connectivity index (χ1) is 11.5. The zero-order valence-electron chi connectivity index (χ0n) is 12.0. The maximum absolute atomic E-state index is 12.5. The van der Waals surface area contributed by atoms with Crippen molar-refractivity contribution in [2.24, 2.45) is 0 Å². The van der Waals surface area contributed by atoms with Crippen LogP contribution >= 0.6 is 34.3 Å². The molecule has 0 saturated carbocycles. The smallest absolute Gasteiger partial charge is 0.268 e. The van der Waals surface area contributed by atoms with Gasteiger partial charge in [0.2, 0.25) is 0 Å². The number of sulfonamides is 1. The van der Waals surface area contributed by atoms with Crippen LogP contribution in [-0.2, 0) is 16.6 Å². The number of aromatic nitrogens is 1. The van der Waals surface area contributed by atoms with Crippen molar-refractivity contribution in [2.45, 2.75) is 11.4 Å². The fourth-order valence-electron chi connectivity index (χ4n) is 2.46. The van der Waals surface area contributed by atoms with Crippen LogP contribution in [0.25, 0.3) is 10.6 Å². The Kier molecular flexibility index (Phi) is 3.72. The lowest BCUT2D eigenvalue weighted by Gasteiger charge is -2.12. The van der Waals surface area contributed by atoms with E-state index < -0.39 is 15.9 Å². The SMILES string of the molecule is O=C1c2ccccc2S(=O)(=O)N1Cc1nc(-c2ccc(Cl)s2)cs1. The molecule has 1 amide bonds. The average molecular weight is 397 g/mol. The minimum Gasteiger partial charge on any atom is -0.268 e. The average Bonchev–Trinajstić information content (AvgIpc) is 3.24. The van der Waals surface area contributed by atoms with Crippen molar-refractivity contribution in [3.05, 3.63) is 56.7 Å². The molecule has 0 radical (unpaired) electrons. The van der Waals surface area contributed by atoms with Crippen LogP contribution in [-0.4, -0.2) is 23.6 Å². The Bertz CT molecular complexity index is 1060. The number of thiazole rings is 1. The molecule has 0 spiro atoms. The number of hydrogen-bond donors (Lipinski definition) is 0. The molecule has 0 fully saturated rings. The van der Waals surface area contributed by atoms with Gasteiger partial charge in [-0.2, -0.15) is 0 Å². The van der Waals surface area contributed by atoms with Crippen molar-refractivity contribution in [3.63, 3.8) is 0 Å². The number of carbonyl (C=O) groups is 1. The van der Waals surface area contributed by atoms with Crippen molar-refractivity contribution < 1.29 is 13.2 Å². The highest BCUT2D eigenvalue weighted by Gasteiger charge is 2.41. The van der Waals surface area contributed by atoms with E-state index >= 15 is 0 Å². The summed E-state index contributed by atoms with van der Waals surface area (Å²) >= 11 is 8.64. The first-order valence-electron chi connectivity index (χ1n) is 6.83. The van der Waals surface area contributed by atoms with Gasteiger partial charge < -0.3 is 0 Å². The number of hydrogen-bond acceptors (Lipinski definition) is 6. The Morgan fingerprint density at radius 2 is 1.96 bits per heavy atom. The van der Waals surface area contributed by atoms with Gasteiger partial charge in [0.05, 0.1) is 27.0 Å². The fraction of sp³-hybridized carbons (Fsp3) is 0.0667. The molecule has 9 heteroatoms. The summed E-state index contributed by atoms with van der Waals surface area (Å²) in [6.07, 6.45) is 0. The highest BCUT2D eigenvalue weighted by molar-refractivity contribution is 7.90. The lowest BCUT2D eigenvalue weighted by Crippen LogP contribution is -2.29. The van der Waals surface area contributed by atoms with Gasteiger partial charge in [0.25, 0.3) is 15.9 Å². The Morgan fingerprint density at radius 1 is 1.17 bits per heavy atom. The predicted molar refractivity (Wildman–Crippen MR) is 93.9 cm³/mol. The molecule has 122 valence electrons. The van der Waals surface area contributed by atoms with Crippen molar-refractivity contribution >= 4 is 50.2 Å². The molecule has 0 saturated heterocycles. The molecule has 1 aromatic carbocycles. The van der Waals surface area contributed by atoms with Crippen molar-refractivity contribution in [2.75, 3.05) is 0 Å². The van der Waals surface area contributed by atoms with E-state index in [1.807, 2.05) is 11.4 Å². The molecule has 1 aliphatic heterocycles. The van der Waals surface area contributed by atoms with Crippen LogP contribution in [0.15, 0.2) is 46.7 Å². The first-order valence-corrected chi connectivity index (χ1v) is 10.3. The van der Waals surface area contributed by atoms with E-state index in [4.69, 9.17) is 11.6 Å². The highest BCUT2D eigenvalue weighted by atomic mass is 35.5. The number of benzene rings is 1. The molecule has 1 aliphatic rings. The van der Waals surface area contributed by atoms with Crippen LogP contribution in [0.5, 0.6) is 0 Å². The standard InChI is InChI=1S/C15H9ClN2O3S3/c16-13-6-5-11(23-13)10-8-22-14(17-10)7-18-15(19)9-3-1-2-4-12(9)24(18,20)21/h1-6,8H,7H2. The van der Waals surface area contributed by atoms with E-state index in [-0.39, 0.29) is 17.0 Å². The fourth-order valence-corrected chi connectivity index (χ4v) is 5.93. The molecule has 0 atom stereocenters. The summed E-state index contributed by atoms with van der Waals surface area (Å²) in [6.45, 7) is -0.0698. The Morgan fingerprint density at radius 3 is 2.67 bits per heavy atom. The zero-order chi connectivity index (χ0) is 16.9. The number of rotatable bonds is 3. The van der Waals surface area contributed by atoms with Gasteiger partial charge >= 0.3 is 0 Å². The van der Waals surface area contributed by atoms with E-state index in [9.17, 15) is 13.2 Å². The minimum absolute atomic E-state index is 0.0526. The molecule has 24 heavy (non-hydrogen) atoms. The number of carbonyl (C=O) groups excluding carboxylic acids is 1. The molecule has 0 N–H and O–H groups in total. The third-order valence-electron chi connectivity index (χ3n) is 3.57. The van der Waals surface area contributed by atoms with Gasteiger partial charge in [-0.15, -0.1) is 22.7 Å². The van der Waals surface area contributed by atoms with Crippen molar-refractivity contribution in [1.82, 2.24) is 9.29 Å². The second-order valence-electron chi connectivity index (χ2n) is 5.04. The molecule has 4 rings (SSSR count). The monoisotopic (exact) mass is 396 g/mol. The van der Waals surface area contributed by atoms with Gasteiger partial charge in [-0.1, -0.05) is 23.7 Å². The second-order valence-corrected chi connectivity index (χ2v) is 9.53. The van der Waals surface area contributed by atoms with Gasteiger partial charge in [-0.3, -0.25) is 4.79 Å². The zero-order valence-corrected chi connectivity index (χ0v) is 15.2. The van der Waals surface area contributed by atoms with E-state index in [0.29, 0.717) is 9.34 Å². The summed E-state index contributed by atoms with van der Waals surface area (Å²) in [4.78, 5) is 17.8. The number of amides is 1.